The van der Waals surface area contributed by atoms with E-state index in [1.54, 1.807) is 17.0 Å². The minimum Gasteiger partial charge on any atom is -0.435 e. The number of ether oxygens (including phenoxy) is 1. The third-order valence-corrected chi connectivity index (χ3v) is 4.53. The predicted molar refractivity (Wildman–Crippen MR) is 83.6 cm³/mol. The zero-order chi connectivity index (χ0) is 17.2. The average Bonchev–Trinajstić information content (AvgIpc) is 2.45. The van der Waals surface area contributed by atoms with Crippen LogP contribution in [-0.4, -0.2) is 42.2 Å². The summed E-state index contributed by atoms with van der Waals surface area (Å²) < 4.78 is 29.2. The molecule has 1 fully saturated rings. The number of alkyl halides is 2. The molecule has 2 atom stereocenters. The summed E-state index contributed by atoms with van der Waals surface area (Å²) >= 11 is 0. The van der Waals surface area contributed by atoms with Crippen LogP contribution in [0.1, 0.15) is 32.3 Å². The van der Waals surface area contributed by atoms with Crippen molar-refractivity contribution < 1.29 is 18.3 Å². The monoisotopic (exact) mass is 327 g/mol. The van der Waals surface area contributed by atoms with Crippen molar-refractivity contribution in [3.8, 4) is 5.75 Å². The molecule has 1 unspecified atom stereocenters. The Kier molecular flexibility index (Phi) is 5.09. The van der Waals surface area contributed by atoms with Gasteiger partial charge in [0.05, 0.1) is 5.54 Å². The average molecular weight is 327 g/mol. The van der Waals surface area contributed by atoms with Crippen LogP contribution >= 0.6 is 0 Å². The van der Waals surface area contributed by atoms with Crippen LogP contribution in [0.2, 0.25) is 0 Å². The van der Waals surface area contributed by atoms with Gasteiger partial charge in [-0.05, 0) is 37.5 Å². The van der Waals surface area contributed by atoms with Crippen LogP contribution in [0.4, 0.5) is 13.6 Å². The summed E-state index contributed by atoms with van der Waals surface area (Å²) in [6.07, 6.45) is 0. The highest BCUT2D eigenvalue weighted by Gasteiger charge is 2.43. The van der Waals surface area contributed by atoms with Gasteiger partial charge in [0.15, 0.2) is 0 Å². The van der Waals surface area contributed by atoms with E-state index in [1.807, 2.05) is 26.8 Å². The van der Waals surface area contributed by atoms with E-state index in [4.69, 9.17) is 5.73 Å². The first-order chi connectivity index (χ1) is 10.7. The summed E-state index contributed by atoms with van der Waals surface area (Å²) in [7, 11) is 0. The van der Waals surface area contributed by atoms with Gasteiger partial charge in [-0.1, -0.05) is 19.1 Å². The van der Waals surface area contributed by atoms with Crippen LogP contribution in [0.5, 0.6) is 5.75 Å². The summed E-state index contributed by atoms with van der Waals surface area (Å²) in [4.78, 5) is 13.3. The SMILES string of the molecule is C[C@@H](c1cccc(OC(F)F)c1)C1NCCN(C(N)=O)C1(C)C. The first-order valence-electron chi connectivity index (χ1n) is 7.58. The van der Waals surface area contributed by atoms with Crippen molar-refractivity contribution in [2.24, 2.45) is 5.73 Å². The molecule has 7 heteroatoms. The largest absolute Gasteiger partial charge is 0.435 e. The lowest BCUT2D eigenvalue weighted by atomic mass is 9.79. The molecule has 0 spiro atoms. The van der Waals surface area contributed by atoms with E-state index < -0.39 is 18.2 Å². The standard InChI is InChI=1S/C16H23F2N3O2/c1-10(11-5-4-6-12(9-11)23-14(17)18)13-16(2,3)21(15(19)22)8-7-20-13/h4-6,9-10,13-14,20H,7-8H2,1-3H3,(H2,19,22)/t10-,13?/m0/s1. The topological polar surface area (TPSA) is 67.6 Å². The van der Waals surface area contributed by atoms with Crippen LogP contribution in [-0.2, 0) is 0 Å². The molecule has 2 amide bonds. The van der Waals surface area contributed by atoms with Gasteiger partial charge in [-0.3, -0.25) is 0 Å². The summed E-state index contributed by atoms with van der Waals surface area (Å²) in [5.74, 6) is 0.109. The highest BCUT2D eigenvalue weighted by Crippen LogP contribution is 2.33. The number of urea groups is 1. The number of primary amides is 1. The first-order valence-corrected chi connectivity index (χ1v) is 7.58. The number of hydrogen-bond acceptors (Lipinski definition) is 3. The fourth-order valence-corrected chi connectivity index (χ4v) is 3.39. The summed E-state index contributed by atoms with van der Waals surface area (Å²) in [6, 6.07) is 6.14. The molecule has 0 bridgehead atoms. The number of rotatable bonds is 4. The fraction of sp³-hybridized carbons (Fsp3) is 0.562. The molecule has 1 aromatic rings. The van der Waals surface area contributed by atoms with Crippen molar-refractivity contribution in [2.75, 3.05) is 13.1 Å². The Hall–Kier alpha value is -1.89. The van der Waals surface area contributed by atoms with E-state index in [1.165, 1.54) is 6.07 Å². The second-order valence-electron chi connectivity index (χ2n) is 6.32. The minimum atomic E-state index is -2.85. The molecular weight excluding hydrogens is 304 g/mol. The Bertz CT molecular complexity index is 566. The summed E-state index contributed by atoms with van der Waals surface area (Å²) in [5.41, 5.74) is 5.84. The van der Waals surface area contributed by atoms with Crippen molar-refractivity contribution in [3.63, 3.8) is 0 Å². The number of nitrogens with one attached hydrogen (secondary N) is 1. The van der Waals surface area contributed by atoms with Crippen LogP contribution < -0.4 is 15.8 Å². The molecule has 1 heterocycles. The van der Waals surface area contributed by atoms with Crippen molar-refractivity contribution in [1.29, 1.82) is 0 Å². The van der Waals surface area contributed by atoms with E-state index in [2.05, 4.69) is 10.1 Å². The van der Waals surface area contributed by atoms with Gasteiger partial charge in [0.1, 0.15) is 5.75 Å². The maximum Gasteiger partial charge on any atom is 0.387 e. The second-order valence-corrected chi connectivity index (χ2v) is 6.32. The van der Waals surface area contributed by atoms with Gasteiger partial charge >= 0.3 is 12.6 Å². The van der Waals surface area contributed by atoms with Crippen LogP contribution in [0.25, 0.3) is 0 Å². The molecule has 5 nitrogen and oxygen atoms in total. The Morgan fingerprint density at radius 2 is 2.17 bits per heavy atom. The molecule has 2 rings (SSSR count). The zero-order valence-corrected chi connectivity index (χ0v) is 13.6. The van der Waals surface area contributed by atoms with Crippen LogP contribution in [0.3, 0.4) is 0 Å². The van der Waals surface area contributed by atoms with Gasteiger partial charge in [-0.25, -0.2) is 4.79 Å². The Morgan fingerprint density at radius 3 is 2.78 bits per heavy atom. The van der Waals surface area contributed by atoms with E-state index in [-0.39, 0.29) is 17.7 Å². The molecule has 0 saturated carbocycles. The van der Waals surface area contributed by atoms with Gasteiger partial charge < -0.3 is 20.7 Å². The normalized spacial score (nSPS) is 22.0. The smallest absolute Gasteiger partial charge is 0.387 e. The highest BCUT2D eigenvalue weighted by molar-refractivity contribution is 5.73. The molecule has 1 saturated heterocycles. The lowest BCUT2D eigenvalue weighted by Crippen LogP contribution is -2.67. The number of halogens is 2. The van der Waals surface area contributed by atoms with Gasteiger partial charge in [0.25, 0.3) is 0 Å². The number of carbonyl (C=O) groups is 1. The maximum absolute atomic E-state index is 12.4. The van der Waals surface area contributed by atoms with Crippen LogP contribution in [0.15, 0.2) is 24.3 Å². The Morgan fingerprint density at radius 1 is 1.48 bits per heavy atom. The van der Waals surface area contributed by atoms with E-state index in [0.29, 0.717) is 13.1 Å². The summed E-state index contributed by atoms with van der Waals surface area (Å²) in [5, 5.41) is 3.41. The third kappa shape index (κ3) is 3.72. The molecule has 0 aliphatic carbocycles. The number of nitrogens with zero attached hydrogens (tertiary/aromatic N) is 1. The number of hydrogen-bond donors (Lipinski definition) is 2. The van der Waals surface area contributed by atoms with Crippen LogP contribution in [0, 0.1) is 0 Å². The molecule has 1 aliphatic rings. The molecule has 128 valence electrons. The molecule has 1 aromatic carbocycles. The molecule has 1 aliphatic heterocycles. The van der Waals surface area contributed by atoms with Crippen molar-refractivity contribution in [3.05, 3.63) is 29.8 Å². The third-order valence-electron chi connectivity index (χ3n) is 4.53. The molecule has 0 aromatic heterocycles. The van der Waals surface area contributed by atoms with E-state index in [0.717, 1.165) is 5.56 Å². The van der Waals surface area contributed by atoms with Gasteiger partial charge in [-0.2, -0.15) is 8.78 Å². The molecule has 0 radical (unpaired) electrons. The van der Waals surface area contributed by atoms with Crippen molar-refractivity contribution >= 4 is 6.03 Å². The second kappa shape index (κ2) is 6.70. The summed E-state index contributed by atoms with van der Waals surface area (Å²) in [6.45, 7) is 4.21. The number of nitrogens with two attached hydrogens (primary N) is 1. The van der Waals surface area contributed by atoms with Gasteiger partial charge in [0.2, 0.25) is 0 Å². The number of carbonyl (C=O) groups excluding carboxylic acids is 1. The Labute approximate surface area is 134 Å². The lowest BCUT2D eigenvalue weighted by molar-refractivity contribution is -0.0499. The molecule has 23 heavy (non-hydrogen) atoms. The van der Waals surface area contributed by atoms with Gasteiger partial charge in [0, 0.05) is 19.1 Å². The van der Waals surface area contributed by atoms with Gasteiger partial charge in [-0.15, -0.1) is 0 Å². The van der Waals surface area contributed by atoms with Crippen molar-refractivity contribution in [2.45, 2.75) is 44.9 Å². The number of benzene rings is 1. The number of piperazine rings is 1. The quantitative estimate of drug-likeness (QED) is 0.893. The maximum atomic E-state index is 12.4. The fourth-order valence-electron chi connectivity index (χ4n) is 3.39. The predicted octanol–water partition coefficient (Wildman–Crippen LogP) is 2.52. The number of amides is 2. The minimum absolute atomic E-state index is 0.0200. The molecule has 3 N–H and O–H groups in total. The van der Waals surface area contributed by atoms with Crippen molar-refractivity contribution in [1.82, 2.24) is 10.2 Å². The Balaban J connectivity index is 2.25. The van der Waals surface area contributed by atoms with E-state index >= 15 is 0 Å². The molecular formula is C16H23F2N3O2. The zero-order valence-electron chi connectivity index (χ0n) is 13.6. The lowest BCUT2D eigenvalue weighted by Gasteiger charge is -2.50. The first kappa shape index (κ1) is 17.5. The highest BCUT2D eigenvalue weighted by atomic mass is 19.3. The van der Waals surface area contributed by atoms with E-state index in [9.17, 15) is 13.6 Å².